The summed E-state index contributed by atoms with van der Waals surface area (Å²) in [4.78, 5) is 32.5. The molecule has 35 heavy (non-hydrogen) atoms. The third-order valence-corrected chi connectivity index (χ3v) is 5.56. The Kier molecular flexibility index (Phi) is 8.10. The number of rotatable bonds is 10. The number of alkyl halides is 3. The fourth-order valence-corrected chi connectivity index (χ4v) is 3.79. The maximum atomic E-state index is 13.0. The normalized spacial score (nSPS) is 11.7. The smallest absolute Gasteiger partial charge is 0.323 e. The van der Waals surface area contributed by atoms with Gasteiger partial charge in [0.15, 0.2) is 11.2 Å². The quantitative estimate of drug-likeness (QED) is 0.123. The van der Waals surface area contributed by atoms with Crippen molar-refractivity contribution < 1.29 is 13.2 Å². The van der Waals surface area contributed by atoms with Crippen LogP contribution in [0.25, 0.3) is 11.2 Å². The SMILES string of the molecule is CCCCn1c(=O)n(CCCN(N=N)C(=N)Cc2cccc(C(F)(F)F)c2)c(=O)c2[nH]c(Cl)nc21. The van der Waals surface area contributed by atoms with Crippen molar-refractivity contribution in [3.8, 4) is 0 Å². The number of unbranched alkanes of at least 4 members (excludes halogenated alkanes) is 1. The lowest BCUT2D eigenvalue weighted by Gasteiger charge is -2.18. The van der Waals surface area contributed by atoms with Crippen molar-refractivity contribution in [2.24, 2.45) is 5.22 Å². The summed E-state index contributed by atoms with van der Waals surface area (Å²) in [5.41, 5.74) is 5.91. The predicted molar refractivity (Wildman–Crippen MR) is 124 cm³/mol. The third kappa shape index (κ3) is 5.96. The van der Waals surface area contributed by atoms with Crippen molar-refractivity contribution in [3.05, 3.63) is 61.5 Å². The summed E-state index contributed by atoms with van der Waals surface area (Å²) in [5.74, 6) is -0.192. The van der Waals surface area contributed by atoms with Gasteiger partial charge in [-0.3, -0.25) is 19.3 Å². The monoisotopic (exact) mass is 512 g/mol. The zero-order valence-electron chi connectivity index (χ0n) is 18.8. The number of aryl methyl sites for hydroxylation is 1. The molecule has 14 heteroatoms. The minimum atomic E-state index is -4.50. The number of nitrogens with one attached hydrogen (secondary N) is 3. The summed E-state index contributed by atoms with van der Waals surface area (Å²) < 4.78 is 41.2. The molecule has 0 fully saturated rings. The van der Waals surface area contributed by atoms with Crippen LogP contribution in [0.4, 0.5) is 13.2 Å². The first-order valence-corrected chi connectivity index (χ1v) is 11.2. The van der Waals surface area contributed by atoms with Gasteiger partial charge in [0.25, 0.3) is 5.56 Å². The van der Waals surface area contributed by atoms with Crippen LogP contribution in [0.3, 0.4) is 0 Å². The highest BCUT2D eigenvalue weighted by molar-refractivity contribution is 6.28. The molecule has 1 aromatic carbocycles. The van der Waals surface area contributed by atoms with E-state index in [4.69, 9.17) is 22.5 Å². The van der Waals surface area contributed by atoms with E-state index in [1.807, 2.05) is 6.92 Å². The Labute approximate surface area is 202 Å². The van der Waals surface area contributed by atoms with Gasteiger partial charge < -0.3 is 4.98 Å². The Morgan fingerprint density at radius 2 is 1.94 bits per heavy atom. The molecule has 0 atom stereocenters. The van der Waals surface area contributed by atoms with E-state index in [2.05, 4.69) is 15.2 Å². The highest BCUT2D eigenvalue weighted by atomic mass is 35.5. The van der Waals surface area contributed by atoms with Crippen LogP contribution in [-0.4, -0.2) is 36.5 Å². The molecule has 3 rings (SSSR count). The molecule has 3 N–H and O–H groups in total. The van der Waals surface area contributed by atoms with Crippen molar-refractivity contribution in [3.63, 3.8) is 0 Å². The Balaban J connectivity index is 1.74. The van der Waals surface area contributed by atoms with E-state index in [-0.39, 0.29) is 53.8 Å². The van der Waals surface area contributed by atoms with Crippen LogP contribution in [0.1, 0.15) is 37.3 Å². The second kappa shape index (κ2) is 10.8. The number of benzene rings is 1. The molecule has 3 aromatic rings. The van der Waals surface area contributed by atoms with Gasteiger partial charge in [0.05, 0.1) is 5.56 Å². The zero-order valence-corrected chi connectivity index (χ0v) is 19.6. The summed E-state index contributed by atoms with van der Waals surface area (Å²) in [6.45, 7) is 2.29. The minimum absolute atomic E-state index is 0.00387. The lowest BCUT2D eigenvalue weighted by Crippen LogP contribution is -2.41. The molecule has 0 saturated heterocycles. The first-order valence-electron chi connectivity index (χ1n) is 10.8. The Bertz CT molecular complexity index is 1350. The lowest BCUT2D eigenvalue weighted by molar-refractivity contribution is -0.137. The van der Waals surface area contributed by atoms with Gasteiger partial charge in [-0.25, -0.2) is 9.80 Å². The second-order valence-corrected chi connectivity index (χ2v) is 8.23. The van der Waals surface area contributed by atoms with Crippen LogP contribution in [0.5, 0.6) is 0 Å². The third-order valence-electron chi connectivity index (χ3n) is 5.38. The first-order chi connectivity index (χ1) is 16.6. The van der Waals surface area contributed by atoms with E-state index in [9.17, 15) is 22.8 Å². The van der Waals surface area contributed by atoms with Gasteiger partial charge in [0.1, 0.15) is 5.84 Å². The average Bonchev–Trinajstić information content (AvgIpc) is 3.19. The van der Waals surface area contributed by atoms with E-state index >= 15 is 0 Å². The van der Waals surface area contributed by atoms with E-state index in [1.165, 1.54) is 16.7 Å². The van der Waals surface area contributed by atoms with Gasteiger partial charge in [0, 0.05) is 26.1 Å². The molecule has 0 bridgehead atoms. The van der Waals surface area contributed by atoms with Crippen molar-refractivity contribution in [2.75, 3.05) is 6.54 Å². The highest BCUT2D eigenvalue weighted by Crippen LogP contribution is 2.29. The van der Waals surface area contributed by atoms with Crippen LogP contribution in [0.2, 0.25) is 5.28 Å². The molecular weight excluding hydrogens is 489 g/mol. The van der Waals surface area contributed by atoms with Crippen LogP contribution in [0, 0.1) is 10.9 Å². The molecule has 2 heterocycles. The largest absolute Gasteiger partial charge is 0.416 e. The average molecular weight is 513 g/mol. The molecule has 188 valence electrons. The summed E-state index contributed by atoms with van der Waals surface area (Å²) in [7, 11) is 0. The Morgan fingerprint density at radius 1 is 1.23 bits per heavy atom. The van der Waals surface area contributed by atoms with Gasteiger partial charge in [-0.05, 0) is 36.1 Å². The number of hydrogen-bond donors (Lipinski definition) is 3. The van der Waals surface area contributed by atoms with Crippen LogP contribution in [-0.2, 0) is 25.7 Å². The van der Waals surface area contributed by atoms with Crippen LogP contribution < -0.4 is 11.2 Å². The molecule has 0 amide bonds. The zero-order chi connectivity index (χ0) is 25.8. The number of hydrogen-bond acceptors (Lipinski definition) is 6. The number of fused-ring (bicyclic) bond motifs is 1. The van der Waals surface area contributed by atoms with E-state index < -0.39 is 23.0 Å². The molecule has 0 spiro atoms. The predicted octanol–water partition coefficient (Wildman–Crippen LogP) is 4.22. The van der Waals surface area contributed by atoms with Gasteiger partial charge in [0.2, 0.25) is 5.28 Å². The molecule has 0 aliphatic heterocycles. The molecule has 0 aliphatic carbocycles. The summed E-state index contributed by atoms with van der Waals surface area (Å²) in [5, 5.41) is 12.4. The molecule has 0 unspecified atom stereocenters. The number of imidazole rings is 1. The maximum absolute atomic E-state index is 13.0. The minimum Gasteiger partial charge on any atom is -0.323 e. The van der Waals surface area contributed by atoms with Gasteiger partial charge >= 0.3 is 11.9 Å². The van der Waals surface area contributed by atoms with Gasteiger partial charge in [-0.2, -0.15) is 23.7 Å². The summed E-state index contributed by atoms with van der Waals surface area (Å²) in [6, 6.07) is 4.59. The number of nitrogens with zero attached hydrogens (tertiary/aromatic N) is 5. The van der Waals surface area contributed by atoms with Crippen molar-refractivity contribution in [2.45, 2.75) is 51.9 Å². The molecule has 0 saturated carbocycles. The Hall–Kier alpha value is -3.48. The van der Waals surface area contributed by atoms with Crippen LogP contribution >= 0.6 is 11.6 Å². The van der Waals surface area contributed by atoms with Crippen molar-refractivity contribution in [1.29, 1.82) is 10.9 Å². The highest BCUT2D eigenvalue weighted by Gasteiger charge is 2.30. The molecular formula is C21H24ClF3N8O2. The summed E-state index contributed by atoms with van der Waals surface area (Å²) >= 11 is 5.91. The fourth-order valence-electron chi connectivity index (χ4n) is 3.62. The first kappa shape index (κ1) is 26.1. The number of amidine groups is 1. The number of halogens is 4. The van der Waals surface area contributed by atoms with Gasteiger partial charge in [-0.15, -0.1) is 0 Å². The second-order valence-electron chi connectivity index (χ2n) is 7.87. The van der Waals surface area contributed by atoms with E-state index in [0.29, 0.717) is 13.0 Å². The van der Waals surface area contributed by atoms with Crippen molar-refractivity contribution >= 4 is 28.6 Å². The number of H-pyrrole nitrogens is 1. The molecule has 10 nitrogen and oxygen atoms in total. The Morgan fingerprint density at radius 3 is 2.60 bits per heavy atom. The van der Waals surface area contributed by atoms with E-state index in [1.54, 1.807) is 0 Å². The lowest BCUT2D eigenvalue weighted by atomic mass is 10.1. The number of aromatic amines is 1. The van der Waals surface area contributed by atoms with Crippen LogP contribution in [0.15, 0.2) is 39.1 Å². The van der Waals surface area contributed by atoms with E-state index in [0.717, 1.165) is 28.1 Å². The molecule has 0 aliphatic rings. The standard InChI is InChI=1S/C21H24ClF3N8O2/c1-2-3-8-31-17-16(28-19(22)29-17)18(34)32(20(31)35)9-5-10-33(30-27)15(26)12-13-6-4-7-14(11-13)21(23,24)25/h4,6-7,11,26-27H,2-3,5,8-10,12H2,1H3,(H,28,29). The fraction of sp³-hybridized carbons (Fsp3) is 0.429. The maximum Gasteiger partial charge on any atom is 0.416 e. The summed E-state index contributed by atoms with van der Waals surface area (Å²) in [6.07, 6.45) is -3.00. The number of aromatic nitrogens is 4. The van der Waals surface area contributed by atoms with Crippen molar-refractivity contribution in [1.82, 2.24) is 24.1 Å². The topological polar surface area (TPSA) is 136 Å². The molecule has 0 radical (unpaired) electrons. The molecule has 2 aromatic heterocycles. The van der Waals surface area contributed by atoms with Gasteiger partial charge in [-0.1, -0.05) is 36.8 Å².